The molecular formula is C14H9Cl2N3OS2. The topological polar surface area (TPSA) is 54.9 Å². The van der Waals surface area contributed by atoms with E-state index in [9.17, 15) is 4.79 Å². The first-order valence-electron chi connectivity index (χ1n) is 6.14. The lowest BCUT2D eigenvalue weighted by Crippen LogP contribution is -2.12. The van der Waals surface area contributed by atoms with Crippen LogP contribution in [0.15, 0.2) is 34.8 Å². The first-order chi connectivity index (χ1) is 10.6. The van der Waals surface area contributed by atoms with Crippen LogP contribution >= 0.6 is 46.3 Å². The van der Waals surface area contributed by atoms with Gasteiger partial charge >= 0.3 is 0 Å². The average Bonchev–Trinajstić information content (AvgIpc) is 2.92. The van der Waals surface area contributed by atoms with E-state index in [1.807, 2.05) is 24.5 Å². The van der Waals surface area contributed by atoms with E-state index in [2.05, 4.69) is 15.3 Å². The van der Waals surface area contributed by atoms with Crippen LogP contribution in [0.4, 0.5) is 5.69 Å². The molecule has 0 fully saturated rings. The van der Waals surface area contributed by atoms with Crippen LogP contribution in [0, 0.1) is 0 Å². The third kappa shape index (κ3) is 3.20. The van der Waals surface area contributed by atoms with Gasteiger partial charge in [-0.3, -0.25) is 4.79 Å². The highest BCUT2D eigenvalue weighted by molar-refractivity contribution is 8.00. The molecule has 8 heteroatoms. The summed E-state index contributed by atoms with van der Waals surface area (Å²) in [7, 11) is 0. The van der Waals surface area contributed by atoms with Gasteiger partial charge in [0.2, 0.25) is 0 Å². The van der Waals surface area contributed by atoms with Gasteiger partial charge in [-0.05, 0) is 30.5 Å². The normalized spacial score (nSPS) is 10.9. The zero-order chi connectivity index (χ0) is 15.7. The molecule has 0 aliphatic carbocycles. The number of halogens is 2. The van der Waals surface area contributed by atoms with Crippen LogP contribution in [0.5, 0.6) is 0 Å². The van der Waals surface area contributed by atoms with Gasteiger partial charge in [-0.2, -0.15) is 0 Å². The summed E-state index contributed by atoms with van der Waals surface area (Å²) in [5.41, 5.74) is 1.96. The number of anilines is 1. The summed E-state index contributed by atoms with van der Waals surface area (Å²) in [6.07, 6.45) is 3.37. The molecule has 0 radical (unpaired) electrons. The van der Waals surface area contributed by atoms with Crippen LogP contribution in [0.1, 0.15) is 10.4 Å². The molecule has 0 aliphatic heterocycles. The Balaban J connectivity index is 1.85. The van der Waals surface area contributed by atoms with Crippen molar-refractivity contribution in [2.75, 3.05) is 11.6 Å². The van der Waals surface area contributed by atoms with Gasteiger partial charge in [0.15, 0.2) is 4.34 Å². The number of thioether (sulfide) groups is 1. The standard InChI is InChI=1S/C14H9Cl2N3OS2/c1-21-14-19-10-3-2-8(5-11(10)22-14)18-13(20)7-4-9(15)12(16)17-6-7/h2-6H,1H3,(H,18,20). The number of fused-ring (bicyclic) bond motifs is 1. The largest absolute Gasteiger partial charge is 0.322 e. The van der Waals surface area contributed by atoms with Gasteiger partial charge in [-0.25, -0.2) is 9.97 Å². The van der Waals surface area contributed by atoms with E-state index < -0.39 is 0 Å². The van der Waals surface area contributed by atoms with E-state index in [1.54, 1.807) is 23.1 Å². The molecule has 1 N–H and O–H groups in total. The van der Waals surface area contributed by atoms with Crippen molar-refractivity contribution < 1.29 is 4.79 Å². The van der Waals surface area contributed by atoms with Crippen LogP contribution in [-0.4, -0.2) is 22.1 Å². The van der Waals surface area contributed by atoms with Crippen molar-refractivity contribution in [3.8, 4) is 0 Å². The number of nitrogens with zero attached hydrogens (tertiary/aromatic N) is 2. The van der Waals surface area contributed by atoms with Crippen molar-refractivity contribution in [2.45, 2.75) is 4.34 Å². The van der Waals surface area contributed by atoms with Crippen molar-refractivity contribution in [1.82, 2.24) is 9.97 Å². The molecule has 2 heterocycles. The Kier molecular flexibility index (Phi) is 4.54. The Labute approximate surface area is 144 Å². The molecule has 4 nitrogen and oxygen atoms in total. The van der Waals surface area contributed by atoms with Crippen LogP contribution in [0.3, 0.4) is 0 Å². The molecule has 3 aromatic rings. The van der Waals surface area contributed by atoms with E-state index in [0.717, 1.165) is 14.6 Å². The van der Waals surface area contributed by atoms with Gasteiger partial charge < -0.3 is 5.32 Å². The molecule has 0 saturated heterocycles. The molecule has 0 aliphatic rings. The number of pyridine rings is 1. The van der Waals surface area contributed by atoms with E-state index in [0.29, 0.717) is 11.3 Å². The van der Waals surface area contributed by atoms with Crippen molar-refractivity contribution in [2.24, 2.45) is 0 Å². The number of amides is 1. The highest BCUT2D eigenvalue weighted by Gasteiger charge is 2.11. The minimum Gasteiger partial charge on any atom is -0.322 e. The highest BCUT2D eigenvalue weighted by atomic mass is 35.5. The molecule has 0 unspecified atom stereocenters. The van der Waals surface area contributed by atoms with Gasteiger partial charge in [0, 0.05) is 11.9 Å². The molecule has 2 aromatic heterocycles. The summed E-state index contributed by atoms with van der Waals surface area (Å²) in [4.78, 5) is 20.5. The zero-order valence-electron chi connectivity index (χ0n) is 11.3. The number of benzene rings is 1. The lowest BCUT2D eigenvalue weighted by atomic mass is 10.2. The molecule has 1 amide bonds. The summed E-state index contributed by atoms with van der Waals surface area (Å²) in [6, 6.07) is 7.09. The molecular weight excluding hydrogens is 361 g/mol. The first kappa shape index (κ1) is 15.6. The van der Waals surface area contributed by atoms with E-state index in [-0.39, 0.29) is 16.1 Å². The molecule has 0 atom stereocenters. The van der Waals surface area contributed by atoms with Gasteiger partial charge in [0.1, 0.15) is 5.15 Å². The lowest BCUT2D eigenvalue weighted by Gasteiger charge is -2.05. The van der Waals surface area contributed by atoms with Crippen molar-refractivity contribution in [3.05, 3.63) is 46.2 Å². The second kappa shape index (κ2) is 6.42. The maximum absolute atomic E-state index is 12.2. The van der Waals surface area contributed by atoms with E-state index in [1.165, 1.54) is 12.3 Å². The van der Waals surface area contributed by atoms with Gasteiger partial charge in [-0.1, -0.05) is 35.0 Å². The number of hydrogen-bond donors (Lipinski definition) is 1. The Hall–Kier alpha value is -1.34. The number of nitrogens with one attached hydrogen (secondary N) is 1. The van der Waals surface area contributed by atoms with Crippen molar-refractivity contribution in [1.29, 1.82) is 0 Å². The van der Waals surface area contributed by atoms with Crippen molar-refractivity contribution >= 4 is 68.1 Å². The molecule has 0 bridgehead atoms. The van der Waals surface area contributed by atoms with Gasteiger partial charge in [-0.15, -0.1) is 11.3 Å². The third-order valence-corrected chi connectivity index (χ3v) is 5.55. The predicted molar refractivity (Wildman–Crippen MR) is 93.6 cm³/mol. The summed E-state index contributed by atoms with van der Waals surface area (Å²) >= 11 is 14.8. The Morgan fingerprint density at radius 2 is 2.14 bits per heavy atom. The number of aromatic nitrogens is 2. The monoisotopic (exact) mass is 369 g/mol. The summed E-state index contributed by atoms with van der Waals surface area (Å²) in [5.74, 6) is -0.292. The fraction of sp³-hybridized carbons (Fsp3) is 0.0714. The van der Waals surface area contributed by atoms with Gasteiger partial charge in [0.05, 0.1) is 20.8 Å². The van der Waals surface area contributed by atoms with E-state index in [4.69, 9.17) is 23.2 Å². The maximum atomic E-state index is 12.2. The van der Waals surface area contributed by atoms with Crippen molar-refractivity contribution in [3.63, 3.8) is 0 Å². The van der Waals surface area contributed by atoms with Crippen LogP contribution in [0.2, 0.25) is 10.2 Å². The Morgan fingerprint density at radius 3 is 2.86 bits per heavy atom. The number of carbonyl (C=O) groups excluding carboxylic acids is 1. The Morgan fingerprint density at radius 1 is 1.32 bits per heavy atom. The smallest absolute Gasteiger partial charge is 0.257 e. The predicted octanol–water partition coefficient (Wildman–Crippen LogP) is 4.97. The minimum atomic E-state index is -0.292. The van der Waals surface area contributed by atoms with Crippen LogP contribution < -0.4 is 5.32 Å². The molecule has 0 saturated carbocycles. The fourth-order valence-corrected chi connectivity index (χ4v) is 3.62. The zero-order valence-corrected chi connectivity index (χ0v) is 14.4. The summed E-state index contributed by atoms with van der Waals surface area (Å²) < 4.78 is 2.02. The Bertz CT molecular complexity index is 866. The fourth-order valence-electron chi connectivity index (χ4n) is 1.82. The maximum Gasteiger partial charge on any atom is 0.257 e. The van der Waals surface area contributed by atoms with Gasteiger partial charge in [0.25, 0.3) is 5.91 Å². The number of rotatable bonds is 3. The molecule has 112 valence electrons. The quantitative estimate of drug-likeness (QED) is 0.522. The summed E-state index contributed by atoms with van der Waals surface area (Å²) in [5, 5.41) is 3.24. The number of carbonyl (C=O) groups is 1. The van der Waals surface area contributed by atoms with E-state index >= 15 is 0 Å². The molecule has 1 aromatic carbocycles. The summed E-state index contributed by atoms with van der Waals surface area (Å²) in [6.45, 7) is 0. The van der Waals surface area contributed by atoms with Crippen LogP contribution in [-0.2, 0) is 0 Å². The average molecular weight is 370 g/mol. The molecule has 22 heavy (non-hydrogen) atoms. The SMILES string of the molecule is CSc1nc2ccc(NC(=O)c3cnc(Cl)c(Cl)c3)cc2s1. The number of hydrogen-bond acceptors (Lipinski definition) is 5. The second-order valence-corrected chi connectivity index (χ2v) is 7.17. The molecule has 0 spiro atoms. The number of thiazole rings is 1. The third-order valence-electron chi connectivity index (χ3n) is 2.86. The first-order valence-corrected chi connectivity index (χ1v) is 8.93. The minimum absolute atomic E-state index is 0.175. The highest BCUT2D eigenvalue weighted by Crippen LogP contribution is 2.30. The van der Waals surface area contributed by atoms with Crippen LogP contribution in [0.25, 0.3) is 10.2 Å². The lowest BCUT2D eigenvalue weighted by molar-refractivity contribution is 0.102. The second-order valence-electron chi connectivity index (χ2n) is 4.32. The molecule has 3 rings (SSSR count).